The number of hydrogen-bond donors (Lipinski definition) is 3. The van der Waals surface area contributed by atoms with E-state index < -0.39 is 12.1 Å². The molecule has 3 N–H and O–H groups in total. The minimum Gasteiger partial charge on any atom is -0.466 e. The van der Waals surface area contributed by atoms with Gasteiger partial charge in [-0.3, -0.25) is 9.59 Å². The van der Waals surface area contributed by atoms with Crippen LogP contribution in [0.1, 0.15) is 328 Å². The maximum atomic E-state index is 12.5. The molecule has 0 aliphatic carbocycles. The van der Waals surface area contributed by atoms with Crippen molar-refractivity contribution in [2.45, 2.75) is 341 Å². The van der Waals surface area contributed by atoms with E-state index in [4.69, 9.17) is 4.74 Å². The van der Waals surface area contributed by atoms with Gasteiger partial charge in [0.05, 0.1) is 25.4 Å². The van der Waals surface area contributed by atoms with Gasteiger partial charge in [0, 0.05) is 12.8 Å². The van der Waals surface area contributed by atoms with Crippen LogP contribution in [0, 0.1) is 0 Å². The van der Waals surface area contributed by atoms with E-state index in [1.54, 1.807) is 6.08 Å². The summed E-state index contributed by atoms with van der Waals surface area (Å²) in [6.45, 7) is 4.87. The van der Waals surface area contributed by atoms with Crippen LogP contribution in [0.2, 0.25) is 0 Å². The molecule has 6 nitrogen and oxygen atoms in total. The second kappa shape index (κ2) is 60.4. The first kappa shape index (κ1) is 68.8. The molecule has 0 radical (unpaired) electrons. The van der Waals surface area contributed by atoms with E-state index in [0.29, 0.717) is 19.4 Å². The summed E-state index contributed by atoms with van der Waals surface area (Å²) in [4.78, 5) is 24.6. The van der Waals surface area contributed by atoms with Gasteiger partial charge in [0.1, 0.15) is 0 Å². The van der Waals surface area contributed by atoms with Crippen LogP contribution in [0.15, 0.2) is 48.6 Å². The maximum absolute atomic E-state index is 12.5. The normalized spacial score (nSPS) is 12.9. The fourth-order valence-corrected chi connectivity index (χ4v) is 9.50. The monoisotopic (exact) mass is 996 g/mol. The molecule has 0 aromatic carbocycles. The van der Waals surface area contributed by atoms with Gasteiger partial charge >= 0.3 is 5.97 Å². The molecule has 71 heavy (non-hydrogen) atoms. The Morgan fingerprint density at radius 2 is 0.704 bits per heavy atom. The average molecular weight is 997 g/mol. The third kappa shape index (κ3) is 57.0. The second-order valence-electron chi connectivity index (χ2n) is 21.4. The number of carbonyl (C=O) groups is 2. The highest BCUT2D eigenvalue weighted by atomic mass is 16.5. The lowest BCUT2D eigenvalue weighted by Gasteiger charge is -2.20. The van der Waals surface area contributed by atoms with Crippen molar-refractivity contribution in [1.82, 2.24) is 5.32 Å². The van der Waals surface area contributed by atoms with Gasteiger partial charge in [0.25, 0.3) is 0 Å². The third-order valence-electron chi connectivity index (χ3n) is 14.3. The molecule has 0 saturated heterocycles. The van der Waals surface area contributed by atoms with Crippen LogP contribution in [0.5, 0.6) is 0 Å². The van der Waals surface area contributed by atoms with Crippen LogP contribution in [0.4, 0.5) is 0 Å². The van der Waals surface area contributed by atoms with Crippen LogP contribution >= 0.6 is 0 Å². The molecule has 0 aromatic heterocycles. The number of amides is 1. The Hall–Kier alpha value is -2.18. The highest BCUT2D eigenvalue weighted by molar-refractivity contribution is 5.76. The molecule has 0 saturated carbocycles. The molecule has 0 aliphatic heterocycles. The number of ether oxygens (including phenoxy) is 1. The summed E-state index contributed by atoms with van der Waals surface area (Å²) in [6, 6.07) is -0.637. The van der Waals surface area contributed by atoms with E-state index in [-0.39, 0.29) is 18.5 Å². The summed E-state index contributed by atoms with van der Waals surface area (Å²) in [6.07, 6.45) is 77.2. The topological polar surface area (TPSA) is 95.9 Å². The minimum atomic E-state index is -0.852. The SMILES string of the molecule is CCCCCCCCC/C=C\CCCCCCCCCC(=O)OCCCCC/C=C\C=C/CCCCCCCCCCCCC(=O)NC(CO)C(O)/C=C/CCCCCCCCCCCCCCCCC. The lowest BCUT2D eigenvalue weighted by atomic mass is 10.0. The van der Waals surface area contributed by atoms with Gasteiger partial charge in [-0.05, 0) is 89.9 Å². The molecular formula is C65H121NO5. The minimum absolute atomic E-state index is 0.0171. The number of unbranched alkanes of at least 4 members (excludes halogenated alkanes) is 42. The molecule has 0 bridgehead atoms. The van der Waals surface area contributed by atoms with Crippen molar-refractivity contribution >= 4 is 11.9 Å². The molecule has 0 spiro atoms. The van der Waals surface area contributed by atoms with Gasteiger partial charge in [0.15, 0.2) is 0 Å². The lowest BCUT2D eigenvalue weighted by Crippen LogP contribution is -2.45. The first-order chi connectivity index (χ1) is 35.0. The summed E-state index contributed by atoms with van der Waals surface area (Å²) in [5.41, 5.74) is 0. The fourth-order valence-electron chi connectivity index (χ4n) is 9.50. The van der Waals surface area contributed by atoms with Crippen LogP contribution in [0.3, 0.4) is 0 Å². The molecule has 0 fully saturated rings. The zero-order valence-corrected chi connectivity index (χ0v) is 47.5. The van der Waals surface area contributed by atoms with Crippen molar-refractivity contribution in [3.63, 3.8) is 0 Å². The van der Waals surface area contributed by atoms with Gasteiger partial charge < -0.3 is 20.3 Å². The molecule has 0 heterocycles. The first-order valence-electron chi connectivity index (χ1n) is 31.4. The van der Waals surface area contributed by atoms with Crippen molar-refractivity contribution in [1.29, 1.82) is 0 Å². The Labute approximate surface area is 442 Å². The number of rotatable bonds is 58. The standard InChI is InChI=1S/C65H121NO5/c1-3-5-7-9-11-13-15-17-19-21-27-31-35-39-43-47-51-55-59-65(70)71-60-56-52-48-44-40-36-32-28-24-22-23-26-30-34-38-42-46-50-54-58-64(69)66-62(61-67)63(68)57-53-49-45-41-37-33-29-25-20-18-16-14-12-10-8-6-4-2/h19,21,28,32,36,40,53,57,62-63,67-68H,3-18,20,22-27,29-31,33-35,37-39,41-52,54-56,58-61H2,1-2H3,(H,66,69)/b21-19-,32-28-,40-36-,57-53+. The average Bonchev–Trinajstić information content (AvgIpc) is 3.37. The van der Waals surface area contributed by atoms with E-state index >= 15 is 0 Å². The largest absolute Gasteiger partial charge is 0.466 e. The van der Waals surface area contributed by atoms with Gasteiger partial charge in [-0.25, -0.2) is 0 Å². The van der Waals surface area contributed by atoms with Gasteiger partial charge in [-0.15, -0.1) is 0 Å². The number of allylic oxidation sites excluding steroid dienone is 7. The highest BCUT2D eigenvalue weighted by Crippen LogP contribution is 2.17. The van der Waals surface area contributed by atoms with Crippen molar-refractivity contribution in [2.75, 3.05) is 13.2 Å². The van der Waals surface area contributed by atoms with Gasteiger partial charge in [-0.1, -0.05) is 274 Å². The van der Waals surface area contributed by atoms with Crippen molar-refractivity contribution in [2.24, 2.45) is 0 Å². The quantitative estimate of drug-likeness (QED) is 0.0244. The van der Waals surface area contributed by atoms with E-state index in [0.717, 1.165) is 77.0 Å². The molecule has 6 heteroatoms. The first-order valence-corrected chi connectivity index (χ1v) is 31.4. The molecule has 2 atom stereocenters. The predicted octanol–water partition coefficient (Wildman–Crippen LogP) is 19.7. The summed E-state index contributed by atoms with van der Waals surface area (Å²) >= 11 is 0. The molecule has 416 valence electrons. The van der Waals surface area contributed by atoms with E-state index in [1.165, 1.54) is 225 Å². The Morgan fingerprint density at radius 1 is 0.394 bits per heavy atom. The number of carbonyl (C=O) groups excluding carboxylic acids is 2. The molecular weight excluding hydrogens is 875 g/mol. The third-order valence-corrected chi connectivity index (χ3v) is 14.3. The van der Waals surface area contributed by atoms with Crippen molar-refractivity contribution < 1.29 is 24.5 Å². The van der Waals surface area contributed by atoms with E-state index in [9.17, 15) is 19.8 Å². The predicted molar refractivity (Wildman–Crippen MR) is 310 cm³/mol. The summed E-state index contributed by atoms with van der Waals surface area (Å²) in [5.74, 6) is -0.0940. The lowest BCUT2D eigenvalue weighted by molar-refractivity contribution is -0.143. The number of aliphatic hydroxyl groups excluding tert-OH is 2. The summed E-state index contributed by atoms with van der Waals surface area (Å²) in [7, 11) is 0. The summed E-state index contributed by atoms with van der Waals surface area (Å²) < 4.78 is 5.47. The van der Waals surface area contributed by atoms with Gasteiger partial charge in [0.2, 0.25) is 5.91 Å². The number of esters is 1. The van der Waals surface area contributed by atoms with Crippen LogP contribution in [-0.2, 0) is 14.3 Å². The van der Waals surface area contributed by atoms with E-state index in [2.05, 4.69) is 55.6 Å². The second-order valence-corrected chi connectivity index (χ2v) is 21.4. The zero-order chi connectivity index (χ0) is 51.4. The Morgan fingerprint density at radius 3 is 1.08 bits per heavy atom. The molecule has 0 aliphatic rings. The molecule has 0 aromatic rings. The van der Waals surface area contributed by atoms with Crippen LogP contribution in [0.25, 0.3) is 0 Å². The Balaban J connectivity index is 3.50. The smallest absolute Gasteiger partial charge is 0.305 e. The number of aliphatic hydroxyl groups is 2. The van der Waals surface area contributed by atoms with Crippen molar-refractivity contribution in [3.8, 4) is 0 Å². The molecule has 2 unspecified atom stereocenters. The van der Waals surface area contributed by atoms with E-state index in [1.807, 2.05) is 6.08 Å². The maximum Gasteiger partial charge on any atom is 0.305 e. The van der Waals surface area contributed by atoms with Crippen molar-refractivity contribution in [3.05, 3.63) is 48.6 Å². The summed E-state index contributed by atoms with van der Waals surface area (Å²) in [5, 5.41) is 23.1. The number of hydrogen-bond acceptors (Lipinski definition) is 5. The highest BCUT2D eigenvalue weighted by Gasteiger charge is 2.18. The Kier molecular flexibility index (Phi) is 58.5. The fraction of sp³-hybridized carbons (Fsp3) is 0.846. The van der Waals surface area contributed by atoms with Crippen LogP contribution < -0.4 is 5.32 Å². The molecule has 0 rings (SSSR count). The van der Waals surface area contributed by atoms with Crippen LogP contribution in [-0.4, -0.2) is 47.4 Å². The molecule has 1 amide bonds. The Bertz CT molecular complexity index is 1190. The number of nitrogens with one attached hydrogen (secondary N) is 1. The zero-order valence-electron chi connectivity index (χ0n) is 47.5. The van der Waals surface area contributed by atoms with Gasteiger partial charge in [-0.2, -0.15) is 0 Å².